The van der Waals surface area contributed by atoms with Gasteiger partial charge in [0, 0.05) is 13.2 Å². The van der Waals surface area contributed by atoms with Crippen molar-refractivity contribution < 1.29 is 5.11 Å². The van der Waals surface area contributed by atoms with Crippen molar-refractivity contribution in [3.63, 3.8) is 0 Å². The maximum Gasteiger partial charge on any atom is 0.0485 e. The maximum atomic E-state index is 9.30. The second kappa shape index (κ2) is 4.84. The lowest BCUT2D eigenvalue weighted by Crippen LogP contribution is -2.42. The fourth-order valence-electron chi connectivity index (χ4n) is 2.99. The van der Waals surface area contributed by atoms with E-state index in [4.69, 9.17) is 0 Å². The van der Waals surface area contributed by atoms with Gasteiger partial charge in [-0.15, -0.1) is 0 Å². The highest BCUT2D eigenvalue weighted by molar-refractivity contribution is 4.83. The lowest BCUT2D eigenvalue weighted by atomic mass is 9.81. The lowest BCUT2D eigenvalue weighted by molar-refractivity contribution is 0.0526. The topological polar surface area (TPSA) is 23.5 Å². The molecule has 1 saturated carbocycles. The van der Waals surface area contributed by atoms with E-state index in [1.165, 1.54) is 58.2 Å². The third-order valence-electron chi connectivity index (χ3n) is 4.44. The minimum Gasteiger partial charge on any atom is -0.396 e. The molecule has 2 fully saturated rings. The standard InChI is InChI=1S/C13H25NO/c1-13(11-15)6-8-14(9-7-13)10-12-4-2-3-5-12/h12,15H,2-11H2,1H3. The minimum absolute atomic E-state index is 0.214. The number of hydrogen-bond donors (Lipinski definition) is 1. The van der Waals surface area contributed by atoms with Crippen LogP contribution in [-0.4, -0.2) is 36.2 Å². The molecule has 0 radical (unpaired) electrons. The molecule has 15 heavy (non-hydrogen) atoms. The Morgan fingerprint density at radius 1 is 1.20 bits per heavy atom. The molecule has 0 atom stereocenters. The molecule has 0 aromatic heterocycles. The highest BCUT2D eigenvalue weighted by Crippen LogP contribution is 2.32. The van der Waals surface area contributed by atoms with Crippen molar-refractivity contribution in [2.24, 2.45) is 11.3 Å². The quantitative estimate of drug-likeness (QED) is 0.774. The molecule has 0 unspecified atom stereocenters. The molecule has 1 saturated heterocycles. The van der Waals surface area contributed by atoms with Crippen LogP contribution >= 0.6 is 0 Å². The Morgan fingerprint density at radius 3 is 2.33 bits per heavy atom. The fraction of sp³-hybridized carbons (Fsp3) is 1.00. The molecular weight excluding hydrogens is 186 g/mol. The predicted octanol–water partition coefficient (Wildman–Crippen LogP) is 2.27. The van der Waals surface area contributed by atoms with Gasteiger partial charge in [0.1, 0.15) is 0 Å². The van der Waals surface area contributed by atoms with Crippen LogP contribution in [0.2, 0.25) is 0 Å². The first-order valence-electron chi connectivity index (χ1n) is 6.55. The van der Waals surface area contributed by atoms with E-state index in [-0.39, 0.29) is 5.41 Å². The van der Waals surface area contributed by atoms with Crippen molar-refractivity contribution in [1.29, 1.82) is 0 Å². The van der Waals surface area contributed by atoms with E-state index in [0.717, 1.165) is 5.92 Å². The SMILES string of the molecule is CC1(CO)CCN(CC2CCCC2)CC1. The zero-order chi connectivity index (χ0) is 10.7. The largest absolute Gasteiger partial charge is 0.396 e. The normalized spacial score (nSPS) is 28.4. The molecule has 0 spiro atoms. The molecule has 1 N–H and O–H groups in total. The molecule has 1 aliphatic carbocycles. The smallest absolute Gasteiger partial charge is 0.0485 e. The third-order valence-corrected chi connectivity index (χ3v) is 4.44. The zero-order valence-corrected chi connectivity index (χ0v) is 10.0. The maximum absolute atomic E-state index is 9.30. The molecule has 0 aromatic carbocycles. The van der Waals surface area contributed by atoms with E-state index < -0.39 is 0 Å². The number of hydrogen-bond acceptors (Lipinski definition) is 2. The Morgan fingerprint density at radius 2 is 1.80 bits per heavy atom. The monoisotopic (exact) mass is 211 g/mol. The molecule has 88 valence electrons. The van der Waals surface area contributed by atoms with Crippen molar-refractivity contribution in [1.82, 2.24) is 4.90 Å². The van der Waals surface area contributed by atoms with Gasteiger partial charge >= 0.3 is 0 Å². The highest BCUT2D eigenvalue weighted by atomic mass is 16.3. The van der Waals surface area contributed by atoms with Gasteiger partial charge in [0.15, 0.2) is 0 Å². The second-order valence-corrected chi connectivity index (χ2v) is 5.92. The first kappa shape index (κ1) is 11.4. The molecule has 0 aromatic rings. The number of likely N-dealkylation sites (tertiary alicyclic amines) is 1. The van der Waals surface area contributed by atoms with Crippen LogP contribution in [0.5, 0.6) is 0 Å². The van der Waals surface area contributed by atoms with Crippen LogP contribution in [-0.2, 0) is 0 Å². The van der Waals surface area contributed by atoms with E-state index in [9.17, 15) is 5.11 Å². The van der Waals surface area contributed by atoms with Crippen LogP contribution in [0.1, 0.15) is 45.4 Å². The highest BCUT2D eigenvalue weighted by Gasteiger charge is 2.30. The number of nitrogens with zero attached hydrogens (tertiary/aromatic N) is 1. The molecule has 0 bridgehead atoms. The van der Waals surface area contributed by atoms with Gasteiger partial charge in [-0.3, -0.25) is 0 Å². The van der Waals surface area contributed by atoms with Crippen LogP contribution in [0, 0.1) is 11.3 Å². The Kier molecular flexibility index (Phi) is 3.68. The van der Waals surface area contributed by atoms with Crippen LogP contribution in [0.4, 0.5) is 0 Å². The van der Waals surface area contributed by atoms with E-state index in [2.05, 4.69) is 11.8 Å². The van der Waals surface area contributed by atoms with Crippen molar-refractivity contribution in [3.05, 3.63) is 0 Å². The van der Waals surface area contributed by atoms with Crippen LogP contribution in [0.15, 0.2) is 0 Å². The average Bonchev–Trinajstić information content (AvgIpc) is 2.75. The Labute approximate surface area is 93.7 Å². The van der Waals surface area contributed by atoms with Gasteiger partial charge in [0.25, 0.3) is 0 Å². The molecule has 0 amide bonds. The van der Waals surface area contributed by atoms with Crippen LogP contribution < -0.4 is 0 Å². The summed E-state index contributed by atoms with van der Waals surface area (Å²) in [5, 5.41) is 9.30. The first-order valence-corrected chi connectivity index (χ1v) is 6.55. The predicted molar refractivity (Wildman–Crippen MR) is 62.8 cm³/mol. The molecule has 2 rings (SSSR count). The summed E-state index contributed by atoms with van der Waals surface area (Å²) in [6.07, 6.45) is 8.16. The van der Waals surface area contributed by atoms with E-state index in [0.29, 0.717) is 6.61 Å². The minimum atomic E-state index is 0.214. The molecule has 2 nitrogen and oxygen atoms in total. The summed E-state index contributed by atoms with van der Waals surface area (Å²) < 4.78 is 0. The van der Waals surface area contributed by atoms with Gasteiger partial charge in [-0.25, -0.2) is 0 Å². The summed E-state index contributed by atoms with van der Waals surface area (Å²) in [7, 11) is 0. The summed E-state index contributed by atoms with van der Waals surface area (Å²) in [5.41, 5.74) is 0.214. The molecule has 1 aliphatic heterocycles. The number of aliphatic hydroxyl groups excluding tert-OH is 1. The molecule has 1 heterocycles. The van der Waals surface area contributed by atoms with Crippen molar-refractivity contribution >= 4 is 0 Å². The lowest BCUT2D eigenvalue weighted by Gasteiger charge is -2.39. The number of piperidine rings is 1. The van der Waals surface area contributed by atoms with E-state index >= 15 is 0 Å². The Hall–Kier alpha value is -0.0800. The van der Waals surface area contributed by atoms with Gasteiger partial charge in [-0.05, 0) is 50.1 Å². The molecule has 2 aliphatic rings. The van der Waals surface area contributed by atoms with Crippen molar-refractivity contribution in [2.75, 3.05) is 26.2 Å². The number of aliphatic hydroxyl groups is 1. The van der Waals surface area contributed by atoms with Crippen molar-refractivity contribution in [3.8, 4) is 0 Å². The van der Waals surface area contributed by atoms with Gasteiger partial charge in [-0.2, -0.15) is 0 Å². The second-order valence-electron chi connectivity index (χ2n) is 5.92. The zero-order valence-electron chi connectivity index (χ0n) is 10.0. The van der Waals surface area contributed by atoms with Gasteiger partial charge in [0.05, 0.1) is 0 Å². The summed E-state index contributed by atoms with van der Waals surface area (Å²) >= 11 is 0. The van der Waals surface area contributed by atoms with Gasteiger partial charge < -0.3 is 10.0 Å². The van der Waals surface area contributed by atoms with Gasteiger partial charge in [-0.1, -0.05) is 19.8 Å². The van der Waals surface area contributed by atoms with E-state index in [1.54, 1.807) is 0 Å². The number of rotatable bonds is 3. The summed E-state index contributed by atoms with van der Waals surface area (Å²) in [4.78, 5) is 2.62. The first-order chi connectivity index (χ1) is 7.22. The summed E-state index contributed by atoms with van der Waals surface area (Å²) in [6.45, 7) is 6.31. The van der Waals surface area contributed by atoms with Gasteiger partial charge in [0.2, 0.25) is 0 Å². The molecular formula is C13H25NO. The van der Waals surface area contributed by atoms with Crippen LogP contribution in [0.25, 0.3) is 0 Å². The summed E-state index contributed by atoms with van der Waals surface area (Å²) in [5.74, 6) is 0.975. The van der Waals surface area contributed by atoms with E-state index in [1.807, 2.05) is 0 Å². The average molecular weight is 211 g/mol. The van der Waals surface area contributed by atoms with Crippen molar-refractivity contribution in [2.45, 2.75) is 45.4 Å². The summed E-state index contributed by atoms with van der Waals surface area (Å²) in [6, 6.07) is 0. The van der Waals surface area contributed by atoms with Crippen LogP contribution in [0.3, 0.4) is 0 Å². The Balaban J connectivity index is 1.73. The Bertz CT molecular complexity index is 191. The molecule has 2 heteroatoms. The third kappa shape index (κ3) is 2.94. The fourth-order valence-corrected chi connectivity index (χ4v) is 2.99.